The monoisotopic (exact) mass is 466 g/mol. The topological polar surface area (TPSA) is 86.1 Å². The van der Waals surface area contributed by atoms with Crippen LogP contribution in [0.4, 0.5) is 8.78 Å². The van der Waals surface area contributed by atoms with Gasteiger partial charge in [-0.25, -0.2) is 8.78 Å². The van der Waals surface area contributed by atoms with Crippen LogP contribution >= 0.6 is 0 Å². The lowest BCUT2D eigenvalue weighted by atomic mass is 9.68. The minimum absolute atomic E-state index is 0.104. The van der Waals surface area contributed by atoms with E-state index in [1.807, 2.05) is 6.92 Å². The van der Waals surface area contributed by atoms with Gasteiger partial charge in [0.15, 0.2) is 0 Å². The summed E-state index contributed by atoms with van der Waals surface area (Å²) in [6.07, 6.45) is 7.67. The van der Waals surface area contributed by atoms with Crippen LogP contribution in [0.2, 0.25) is 0 Å². The zero-order valence-corrected chi connectivity index (χ0v) is 19.7. The molecule has 1 unspecified atom stereocenters. The lowest BCUT2D eigenvalue weighted by Crippen LogP contribution is -2.43. The summed E-state index contributed by atoms with van der Waals surface area (Å²) in [5.74, 6) is -3.30. The van der Waals surface area contributed by atoms with Crippen LogP contribution in [0, 0.1) is 17.3 Å². The van der Waals surface area contributed by atoms with Crippen LogP contribution in [0.25, 0.3) is 0 Å². The van der Waals surface area contributed by atoms with Gasteiger partial charge in [0.1, 0.15) is 5.69 Å². The fraction of sp³-hybridized carbons (Fsp3) is 0.750. The summed E-state index contributed by atoms with van der Waals surface area (Å²) in [5, 5.41) is 11.5. The molecular formula is C24H36F2N4O3. The number of halogens is 2. The van der Waals surface area contributed by atoms with E-state index in [0.717, 1.165) is 6.42 Å². The maximum absolute atomic E-state index is 13.8. The number of amides is 1. The molecule has 2 saturated carbocycles. The molecule has 184 valence electrons. The second kappa shape index (κ2) is 10.7. The Morgan fingerprint density at radius 3 is 2.52 bits per heavy atom. The lowest BCUT2D eigenvalue weighted by Gasteiger charge is -2.38. The number of carbonyl (C=O) groups is 2. The van der Waals surface area contributed by atoms with Gasteiger partial charge in [-0.15, -0.1) is 11.7 Å². The molecule has 0 spiro atoms. The third-order valence-corrected chi connectivity index (χ3v) is 7.58. The molecule has 7 nitrogen and oxygen atoms in total. The number of rotatable bonds is 9. The van der Waals surface area contributed by atoms with Gasteiger partial charge in [0, 0.05) is 25.3 Å². The first kappa shape index (κ1) is 25.3. The number of aromatic nitrogens is 3. The number of allylic oxidation sites excluding steroid dienone is 1. The lowest BCUT2D eigenvalue weighted by molar-refractivity contribution is -0.156. The van der Waals surface area contributed by atoms with E-state index in [4.69, 9.17) is 4.74 Å². The first-order valence-electron chi connectivity index (χ1n) is 12.0. The third kappa shape index (κ3) is 5.98. The third-order valence-electron chi connectivity index (χ3n) is 7.58. The quantitative estimate of drug-likeness (QED) is 0.425. The van der Waals surface area contributed by atoms with Crippen molar-refractivity contribution in [1.82, 2.24) is 20.3 Å². The van der Waals surface area contributed by atoms with Crippen LogP contribution in [0.1, 0.15) is 82.9 Å². The molecule has 0 bridgehead atoms. The number of ether oxygens (including phenoxy) is 1. The van der Waals surface area contributed by atoms with Crippen molar-refractivity contribution in [2.45, 2.75) is 89.6 Å². The molecule has 3 rings (SSSR count). The number of hydrogen-bond acceptors (Lipinski definition) is 5. The van der Waals surface area contributed by atoms with Crippen LogP contribution in [0.3, 0.4) is 0 Å². The molecule has 1 amide bonds. The van der Waals surface area contributed by atoms with Crippen molar-refractivity contribution in [3.8, 4) is 0 Å². The Kier molecular flexibility index (Phi) is 8.23. The number of esters is 1. The van der Waals surface area contributed by atoms with Gasteiger partial charge in [0.05, 0.1) is 24.8 Å². The molecule has 1 aromatic rings. The molecular weight excluding hydrogens is 430 g/mol. The van der Waals surface area contributed by atoms with E-state index in [1.165, 1.54) is 7.11 Å². The highest BCUT2D eigenvalue weighted by Gasteiger charge is 2.44. The van der Waals surface area contributed by atoms with Gasteiger partial charge in [-0.05, 0) is 57.3 Å². The maximum Gasteiger partial charge on any atom is 0.311 e. The van der Waals surface area contributed by atoms with E-state index >= 15 is 0 Å². The van der Waals surface area contributed by atoms with Crippen LogP contribution in [-0.4, -0.2) is 39.9 Å². The molecule has 0 aromatic carbocycles. The van der Waals surface area contributed by atoms with Crippen LogP contribution in [0.15, 0.2) is 18.9 Å². The number of nitrogens with zero attached hydrogens (tertiary/aromatic N) is 3. The Labute approximate surface area is 194 Å². The van der Waals surface area contributed by atoms with Gasteiger partial charge in [0.25, 0.3) is 0 Å². The molecule has 2 aliphatic carbocycles. The zero-order valence-electron chi connectivity index (χ0n) is 19.7. The summed E-state index contributed by atoms with van der Waals surface area (Å²) in [7, 11) is 1.40. The number of methoxy groups -OCH3 is 1. The summed E-state index contributed by atoms with van der Waals surface area (Å²) in [4.78, 5) is 25.5. The van der Waals surface area contributed by atoms with Crippen molar-refractivity contribution in [2.75, 3.05) is 7.11 Å². The first-order chi connectivity index (χ1) is 15.7. The fourth-order valence-corrected chi connectivity index (χ4v) is 5.24. The normalized spacial score (nSPS) is 26.4. The van der Waals surface area contributed by atoms with Gasteiger partial charge in [-0.3, -0.25) is 14.3 Å². The van der Waals surface area contributed by atoms with Crippen molar-refractivity contribution >= 4 is 11.9 Å². The SMILES string of the molecule is C=CCCn1cc(C(NC(=O)C2CCC(CC)(C(=O)OC)CC2)C2CCC(F)(F)CC2)nn1. The van der Waals surface area contributed by atoms with Gasteiger partial charge >= 0.3 is 5.97 Å². The molecule has 1 aromatic heterocycles. The molecule has 0 radical (unpaired) electrons. The molecule has 2 aliphatic rings. The summed E-state index contributed by atoms with van der Waals surface area (Å²) in [6.45, 7) is 6.30. The molecule has 1 N–H and O–H groups in total. The number of hydrogen-bond donors (Lipinski definition) is 1. The Bertz CT molecular complexity index is 823. The Balaban J connectivity index is 1.71. The molecule has 2 fully saturated rings. The van der Waals surface area contributed by atoms with Crippen molar-refractivity contribution in [1.29, 1.82) is 0 Å². The van der Waals surface area contributed by atoms with E-state index in [2.05, 4.69) is 22.2 Å². The average Bonchev–Trinajstić information content (AvgIpc) is 3.29. The van der Waals surface area contributed by atoms with Gasteiger partial charge in [-0.2, -0.15) is 0 Å². The standard InChI is InChI=1S/C24H36F2N4O3/c1-4-6-15-30-16-19(28-29-30)20(17-9-13-24(25,26)14-10-17)27-21(31)18-7-11-23(5-2,12-8-18)22(32)33-3/h4,16-18,20H,1,5-15H2,2-3H3,(H,27,31). The number of alkyl halides is 2. The van der Waals surface area contributed by atoms with Crippen LogP contribution < -0.4 is 5.32 Å². The minimum Gasteiger partial charge on any atom is -0.469 e. The molecule has 1 atom stereocenters. The molecule has 1 heterocycles. The van der Waals surface area contributed by atoms with Crippen LogP contribution in [0.5, 0.6) is 0 Å². The molecule has 9 heteroatoms. The molecule has 0 aliphatic heterocycles. The van der Waals surface area contributed by atoms with Crippen molar-refractivity contribution in [2.24, 2.45) is 17.3 Å². The minimum atomic E-state index is -2.65. The number of nitrogens with one attached hydrogen (secondary N) is 1. The van der Waals surface area contributed by atoms with E-state index in [0.29, 0.717) is 57.2 Å². The smallest absolute Gasteiger partial charge is 0.311 e. The van der Waals surface area contributed by atoms with E-state index < -0.39 is 17.4 Å². The van der Waals surface area contributed by atoms with Gasteiger partial charge in [0.2, 0.25) is 11.8 Å². The summed E-state index contributed by atoms with van der Waals surface area (Å²) in [5.41, 5.74) is 0.0872. The number of carbonyl (C=O) groups excluding carboxylic acids is 2. The highest BCUT2D eigenvalue weighted by Crippen LogP contribution is 2.44. The van der Waals surface area contributed by atoms with Crippen molar-refractivity contribution in [3.63, 3.8) is 0 Å². The van der Waals surface area contributed by atoms with E-state index in [1.54, 1.807) is 17.0 Å². The largest absolute Gasteiger partial charge is 0.469 e. The van der Waals surface area contributed by atoms with Crippen molar-refractivity contribution in [3.05, 3.63) is 24.5 Å². The highest BCUT2D eigenvalue weighted by atomic mass is 19.3. The number of aryl methyl sites for hydroxylation is 1. The Morgan fingerprint density at radius 2 is 1.94 bits per heavy atom. The zero-order chi connectivity index (χ0) is 24.1. The average molecular weight is 467 g/mol. The van der Waals surface area contributed by atoms with E-state index in [-0.39, 0.29) is 36.6 Å². The van der Waals surface area contributed by atoms with Gasteiger partial charge in [-0.1, -0.05) is 18.2 Å². The summed E-state index contributed by atoms with van der Waals surface area (Å²) >= 11 is 0. The molecule has 0 saturated heterocycles. The predicted octanol–water partition coefficient (Wildman–Crippen LogP) is 4.60. The van der Waals surface area contributed by atoms with Crippen LogP contribution in [-0.2, 0) is 20.9 Å². The highest BCUT2D eigenvalue weighted by molar-refractivity contribution is 5.81. The summed E-state index contributed by atoms with van der Waals surface area (Å²) < 4.78 is 34.2. The molecule has 33 heavy (non-hydrogen) atoms. The Hall–Kier alpha value is -2.32. The fourth-order valence-electron chi connectivity index (χ4n) is 5.24. The van der Waals surface area contributed by atoms with E-state index in [9.17, 15) is 18.4 Å². The summed E-state index contributed by atoms with van der Waals surface area (Å²) in [6, 6.07) is -0.454. The first-order valence-corrected chi connectivity index (χ1v) is 12.0. The van der Waals surface area contributed by atoms with Crippen molar-refractivity contribution < 1.29 is 23.1 Å². The second-order valence-corrected chi connectivity index (χ2v) is 9.56. The van der Waals surface area contributed by atoms with Gasteiger partial charge < -0.3 is 10.1 Å². The Morgan fingerprint density at radius 1 is 1.27 bits per heavy atom. The second-order valence-electron chi connectivity index (χ2n) is 9.56. The predicted molar refractivity (Wildman–Crippen MR) is 119 cm³/mol. The maximum atomic E-state index is 13.8.